The van der Waals surface area contributed by atoms with Crippen LogP contribution in [0.3, 0.4) is 0 Å². The Morgan fingerprint density at radius 2 is 1.95 bits per heavy atom. The molecule has 3 rings (SSSR count). The zero-order chi connectivity index (χ0) is 15.4. The van der Waals surface area contributed by atoms with E-state index in [9.17, 15) is 0 Å². The van der Waals surface area contributed by atoms with Gasteiger partial charge in [0.15, 0.2) is 11.0 Å². The van der Waals surface area contributed by atoms with E-state index in [0.29, 0.717) is 0 Å². The minimum atomic E-state index is 0.918. The quantitative estimate of drug-likeness (QED) is 0.676. The number of aryl methyl sites for hydroxylation is 2. The average Bonchev–Trinajstić information content (AvgIpc) is 2.90. The van der Waals surface area contributed by atoms with Gasteiger partial charge in [-0.1, -0.05) is 42.1 Å². The summed E-state index contributed by atoms with van der Waals surface area (Å²) in [7, 11) is 2.02. The monoisotopic (exact) mass is 310 g/mol. The Morgan fingerprint density at radius 3 is 2.73 bits per heavy atom. The Bertz CT molecular complexity index is 752. The molecule has 0 N–H and O–H groups in total. The van der Waals surface area contributed by atoms with Gasteiger partial charge in [0, 0.05) is 30.8 Å². The smallest absolute Gasteiger partial charge is 0.191 e. The molecule has 4 nitrogen and oxygen atoms in total. The number of nitrogens with zero attached hydrogens (tertiary/aromatic N) is 4. The van der Waals surface area contributed by atoms with E-state index in [1.54, 1.807) is 18.0 Å². The van der Waals surface area contributed by atoms with Crippen LogP contribution in [0.4, 0.5) is 0 Å². The first kappa shape index (κ1) is 14.8. The van der Waals surface area contributed by atoms with Crippen LogP contribution >= 0.6 is 11.8 Å². The molecule has 0 saturated heterocycles. The first-order chi connectivity index (χ1) is 10.8. The van der Waals surface area contributed by atoms with Gasteiger partial charge < -0.3 is 4.57 Å². The Kier molecular flexibility index (Phi) is 4.53. The average molecular weight is 310 g/mol. The van der Waals surface area contributed by atoms with E-state index >= 15 is 0 Å². The molecule has 0 atom stereocenters. The van der Waals surface area contributed by atoms with Gasteiger partial charge in [0.2, 0.25) is 0 Å². The van der Waals surface area contributed by atoms with E-state index in [1.807, 2.05) is 31.4 Å². The largest absolute Gasteiger partial charge is 0.305 e. The van der Waals surface area contributed by atoms with Gasteiger partial charge >= 0.3 is 0 Å². The topological polar surface area (TPSA) is 43.6 Å². The fraction of sp³-hybridized carbons (Fsp3) is 0.235. The van der Waals surface area contributed by atoms with Crippen molar-refractivity contribution in [2.75, 3.05) is 5.75 Å². The predicted molar refractivity (Wildman–Crippen MR) is 89.8 cm³/mol. The molecular formula is C17H18N4S. The molecule has 1 aromatic carbocycles. The minimum absolute atomic E-state index is 0.918. The van der Waals surface area contributed by atoms with Crippen molar-refractivity contribution >= 4 is 11.8 Å². The van der Waals surface area contributed by atoms with E-state index in [0.717, 1.165) is 28.7 Å². The van der Waals surface area contributed by atoms with Gasteiger partial charge in [0.1, 0.15) is 0 Å². The highest BCUT2D eigenvalue weighted by molar-refractivity contribution is 7.99. The number of benzene rings is 1. The van der Waals surface area contributed by atoms with Gasteiger partial charge in [0.25, 0.3) is 0 Å². The fourth-order valence-electron chi connectivity index (χ4n) is 2.31. The Hall–Kier alpha value is -2.14. The van der Waals surface area contributed by atoms with Crippen LogP contribution in [0.2, 0.25) is 0 Å². The molecule has 2 aromatic heterocycles. The minimum Gasteiger partial charge on any atom is -0.305 e. The summed E-state index contributed by atoms with van der Waals surface area (Å²) < 4.78 is 2.07. The molecule has 0 bridgehead atoms. The summed E-state index contributed by atoms with van der Waals surface area (Å²) in [5.41, 5.74) is 3.60. The number of hydrogen-bond donors (Lipinski definition) is 0. The summed E-state index contributed by atoms with van der Waals surface area (Å²) in [6.07, 6.45) is 4.69. The van der Waals surface area contributed by atoms with Gasteiger partial charge in [0.05, 0.1) is 0 Å². The summed E-state index contributed by atoms with van der Waals surface area (Å²) >= 11 is 1.72. The third-order valence-electron chi connectivity index (χ3n) is 3.57. The van der Waals surface area contributed by atoms with E-state index in [2.05, 4.69) is 44.9 Å². The lowest BCUT2D eigenvalue weighted by Gasteiger charge is -2.06. The SMILES string of the molecule is Cc1ccccc1-c1nnc(SCCc2cccnc2)n1C. The van der Waals surface area contributed by atoms with Crippen molar-refractivity contribution in [3.63, 3.8) is 0 Å². The summed E-state index contributed by atoms with van der Waals surface area (Å²) in [4.78, 5) is 4.14. The van der Waals surface area contributed by atoms with Crippen LogP contribution in [0.15, 0.2) is 53.9 Å². The van der Waals surface area contributed by atoms with Crippen molar-refractivity contribution in [1.29, 1.82) is 0 Å². The van der Waals surface area contributed by atoms with E-state index in [-0.39, 0.29) is 0 Å². The zero-order valence-electron chi connectivity index (χ0n) is 12.7. The normalized spacial score (nSPS) is 10.8. The predicted octanol–water partition coefficient (Wildman–Crippen LogP) is 3.52. The van der Waals surface area contributed by atoms with Crippen LogP contribution in [0.25, 0.3) is 11.4 Å². The summed E-state index contributed by atoms with van der Waals surface area (Å²) in [5, 5.41) is 9.62. The summed E-state index contributed by atoms with van der Waals surface area (Å²) in [5.74, 6) is 1.88. The molecule has 0 aliphatic carbocycles. The standard InChI is InChI=1S/C17H18N4S/c1-13-6-3-4-8-15(13)16-19-20-17(21(16)2)22-11-9-14-7-5-10-18-12-14/h3-8,10,12H,9,11H2,1-2H3. The number of rotatable bonds is 5. The molecule has 0 unspecified atom stereocenters. The Labute approximate surface area is 134 Å². The Balaban J connectivity index is 1.70. The second-order valence-corrected chi connectivity index (χ2v) is 6.20. The fourth-order valence-corrected chi connectivity index (χ4v) is 3.20. The van der Waals surface area contributed by atoms with Crippen LogP contribution in [-0.2, 0) is 13.5 Å². The molecule has 5 heteroatoms. The van der Waals surface area contributed by atoms with Crippen molar-refractivity contribution in [3.05, 3.63) is 59.9 Å². The number of thioether (sulfide) groups is 1. The maximum atomic E-state index is 4.35. The highest BCUT2D eigenvalue weighted by Crippen LogP contribution is 2.25. The third-order valence-corrected chi connectivity index (χ3v) is 4.59. The summed E-state index contributed by atoms with van der Waals surface area (Å²) in [6.45, 7) is 2.10. The lowest BCUT2D eigenvalue weighted by molar-refractivity contribution is 0.793. The molecule has 3 aromatic rings. The third kappa shape index (κ3) is 3.20. The van der Waals surface area contributed by atoms with Crippen LogP contribution in [0, 0.1) is 6.92 Å². The second-order valence-electron chi connectivity index (χ2n) is 5.14. The molecule has 0 spiro atoms. The molecule has 0 amide bonds. The maximum Gasteiger partial charge on any atom is 0.191 e. The van der Waals surface area contributed by atoms with Gasteiger partial charge in [-0.15, -0.1) is 10.2 Å². The summed E-state index contributed by atoms with van der Waals surface area (Å²) in [6, 6.07) is 12.3. The molecule has 22 heavy (non-hydrogen) atoms. The number of pyridine rings is 1. The van der Waals surface area contributed by atoms with Crippen LogP contribution in [0.1, 0.15) is 11.1 Å². The number of hydrogen-bond acceptors (Lipinski definition) is 4. The van der Waals surface area contributed by atoms with E-state index < -0.39 is 0 Å². The highest BCUT2D eigenvalue weighted by Gasteiger charge is 2.12. The van der Waals surface area contributed by atoms with Crippen molar-refractivity contribution in [1.82, 2.24) is 19.7 Å². The van der Waals surface area contributed by atoms with Crippen molar-refractivity contribution in [2.45, 2.75) is 18.5 Å². The van der Waals surface area contributed by atoms with Crippen molar-refractivity contribution in [2.24, 2.45) is 7.05 Å². The molecule has 0 fully saturated rings. The molecule has 112 valence electrons. The molecular weight excluding hydrogens is 292 g/mol. The lowest BCUT2D eigenvalue weighted by atomic mass is 10.1. The molecule has 2 heterocycles. The first-order valence-corrected chi connectivity index (χ1v) is 8.21. The molecule has 0 aliphatic rings. The molecule has 0 aliphatic heterocycles. The molecule has 0 saturated carbocycles. The van der Waals surface area contributed by atoms with Gasteiger partial charge in [-0.25, -0.2) is 0 Å². The molecule has 0 radical (unpaired) electrons. The zero-order valence-corrected chi connectivity index (χ0v) is 13.5. The van der Waals surface area contributed by atoms with Crippen LogP contribution in [0.5, 0.6) is 0 Å². The Morgan fingerprint density at radius 1 is 1.09 bits per heavy atom. The van der Waals surface area contributed by atoms with E-state index in [1.165, 1.54) is 11.1 Å². The van der Waals surface area contributed by atoms with Gasteiger partial charge in [-0.2, -0.15) is 0 Å². The van der Waals surface area contributed by atoms with Crippen LogP contribution < -0.4 is 0 Å². The van der Waals surface area contributed by atoms with Gasteiger partial charge in [-0.3, -0.25) is 4.98 Å². The highest BCUT2D eigenvalue weighted by atomic mass is 32.2. The van der Waals surface area contributed by atoms with Crippen molar-refractivity contribution in [3.8, 4) is 11.4 Å². The lowest BCUT2D eigenvalue weighted by Crippen LogP contribution is -1.97. The maximum absolute atomic E-state index is 4.35. The van der Waals surface area contributed by atoms with Crippen molar-refractivity contribution < 1.29 is 0 Å². The second kappa shape index (κ2) is 6.75. The first-order valence-electron chi connectivity index (χ1n) is 7.23. The van der Waals surface area contributed by atoms with Gasteiger partial charge in [-0.05, 0) is 30.5 Å². The van der Waals surface area contributed by atoms with E-state index in [4.69, 9.17) is 0 Å². The van der Waals surface area contributed by atoms with Crippen LogP contribution in [-0.4, -0.2) is 25.5 Å². The number of aromatic nitrogens is 4.